The average molecular weight is 286 g/mol. The first-order valence-electron chi connectivity index (χ1n) is 6.34. The Labute approximate surface area is 115 Å². The lowest BCUT2D eigenvalue weighted by atomic mass is 10.2. The van der Waals surface area contributed by atoms with Crippen LogP contribution in [0.2, 0.25) is 0 Å². The van der Waals surface area contributed by atoms with Crippen molar-refractivity contribution in [3.63, 3.8) is 0 Å². The van der Waals surface area contributed by atoms with Crippen molar-refractivity contribution in [3.8, 4) is 5.88 Å². The summed E-state index contributed by atoms with van der Waals surface area (Å²) in [5.41, 5.74) is 0.326. The maximum atomic E-state index is 12.1. The van der Waals surface area contributed by atoms with Crippen molar-refractivity contribution >= 4 is 5.91 Å². The van der Waals surface area contributed by atoms with E-state index >= 15 is 0 Å². The lowest BCUT2D eigenvalue weighted by molar-refractivity contribution is -0.0528. The molecule has 1 aromatic rings. The zero-order valence-corrected chi connectivity index (χ0v) is 11.1. The molecule has 0 aromatic carbocycles. The fourth-order valence-electron chi connectivity index (χ4n) is 2.06. The van der Waals surface area contributed by atoms with Gasteiger partial charge in [0.2, 0.25) is 5.88 Å². The van der Waals surface area contributed by atoms with Gasteiger partial charge >= 0.3 is 6.61 Å². The Morgan fingerprint density at radius 2 is 2.40 bits per heavy atom. The predicted molar refractivity (Wildman–Crippen MR) is 66.8 cm³/mol. The van der Waals surface area contributed by atoms with Crippen molar-refractivity contribution < 1.29 is 23.0 Å². The van der Waals surface area contributed by atoms with E-state index in [-0.39, 0.29) is 17.9 Å². The normalized spacial score (nSPS) is 18.3. The van der Waals surface area contributed by atoms with Crippen molar-refractivity contribution in [2.24, 2.45) is 0 Å². The first-order chi connectivity index (χ1) is 9.56. The highest BCUT2D eigenvalue weighted by Gasteiger charge is 2.21. The number of halogens is 2. The van der Waals surface area contributed by atoms with E-state index in [1.165, 1.54) is 18.3 Å². The molecule has 1 unspecified atom stereocenters. The van der Waals surface area contributed by atoms with Gasteiger partial charge in [0.25, 0.3) is 5.91 Å². The molecule has 0 spiro atoms. The van der Waals surface area contributed by atoms with Gasteiger partial charge in [-0.15, -0.1) is 0 Å². The number of amides is 1. The molecule has 2 heterocycles. The maximum Gasteiger partial charge on any atom is 0.388 e. The van der Waals surface area contributed by atoms with Crippen LogP contribution in [0.4, 0.5) is 8.78 Å². The van der Waals surface area contributed by atoms with Crippen LogP contribution in [0.1, 0.15) is 23.2 Å². The van der Waals surface area contributed by atoms with Crippen LogP contribution < -0.4 is 4.74 Å². The van der Waals surface area contributed by atoms with Gasteiger partial charge in [0.05, 0.1) is 11.7 Å². The van der Waals surface area contributed by atoms with Gasteiger partial charge in [-0.3, -0.25) is 4.79 Å². The summed E-state index contributed by atoms with van der Waals surface area (Å²) in [6.45, 7) is -1.69. The molecule has 1 atom stereocenters. The lowest BCUT2D eigenvalue weighted by Gasteiger charge is -2.20. The standard InChI is InChI=1S/C13H16F2N2O3/c1-17(8-10-3-2-6-19-10)12(18)9-4-5-11(16-7-9)20-13(14)15/h4-5,7,10,13H,2-3,6,8H2,1H3. The molecule has 1 aliphatic heterocycles. The van der Waals surface area contributed by atoms with Gasteiger partial charge in [0.1, 0.15) is 0 Å². The van der Waals surface area contributed by atoms with Gasteiger partial charge in [-0.1, -0.05) is 0 Å². The van der Waals surface area contributed by atoms with Crippen LogP contribution in [0.15, 0.2) is 18.3 Å². The second-order valence-corrected chi connectivity index (χ2v) is 4.58. The Morgan fingerprint density at radius 3 is 2.95 bits per heavy atom. The van der Waals surface area contributed by atoms with Crippen LogP contribution in [0.5, 0.6) is 5.88 Å². The van der Waals surface area contributed by atoms with E-state index < -0.39 is 6.61 Å². The number of pyridine rings is 1. The fraction of sp³-hybridized carbons (Fsp3) is 0.538. The summed E-state index contributed by atoms with van der Waals surface area (Å²) in [7, 11) is 1.67. The molecule has 0 aliphatic carbocycles. The molecular formula is C13H16F2N2O3. The largest absolute Gasteiger partial charge is 0.417 e. The molecule has 0 bridgehead atoms. The molecule has 0 radical (unpaired) electrons. The number of ether oxygens (including phenoxy) is 2. The highest BCUT2D eigenvalue weighted by Crippen LogP contribution is 2.15. The minimum Gasteiger partial charge on any atom is -0.417 e. The monoisotopic (exact) mass is 286 g/mol. The van der Waals surface area contributed by atoms with Crippen molar-refractivity contribution in [2.45, 2.75) is 25.6 Å². The Morgan fingerprint density at radius 1 is 1.60 bits per heavy atom. The Balaban J connectivity index is 1.93. The maximum absolute atomic E-state index is 12.1. The van der Waals surface area contributed by atoms with Gasteiger partial charge in [-0.05, 0) is 18.9 Å². The van der Waals surface area contributed by atoms with Gasteiger partial charge in [0, 0.05) is 32.5 Å². The smallest absolute Gasteiger partial charge is 0.388 e. The molecule has 5 nitrogen and oxygen atoms in total. The van der Waals surface area contributed by atoms with Crippen LogP contribution in [0.3, 0.4) is 0 Å². The number of hydrogen-bond donors (Lipinski definition) is 0. The third-order valence-corrected chi connectivity index (χ3v) is 3.04. The second-order valence-electron chi connectivity index (χ2n) is 4.58. The third-order valence-electron chi connectivity index (χ3n) is 3.04. The minimum absolute atomic E-state index is 0.0679. The van der Waals surface area contributed by atoms with Crippen molar-refractivity contribution in [1.29, 1.82) is 0 Å². The van der Waals surface area contributed by atoms with Crippen LogP contribution >= 0.6 is 0 Å². The van der Waals surface area contributed by atoms with E-state index in [9.17, 15) is 13.6 Å². The second kappa shape index (κ2) is 6.60. The number of rotatable bonds is 5. The van der Waals surface area contributed by atoms with Crippen LogP contribution in [-0.4, -0.2) is 48.7 Å². The number of alkyl halides is 2. The molecule has 1 fully saturated rings. The zero-order valence-electron chi connectivity index (χ0n) is 11.1. The summed E-state index contributed by atoms with van der Waals surface area (Å²) < 4.78 is 33.6. The summed E-state index contributed by atoms with van der Waals surface area (Å²) in [6, 6.07) is 2.67. The Hall–Kier alpha value is -1.76. The van der Waals surface area contributed by atoms with Crippen LogP contribution in [0, 0.1) is 0 Å². The topological polar surface area (TPSA) is 51.7 Å². The first-order valence-corrected chi connectivity index (χ1v) is 6.34. The zero-order chi connectivity index (χ0) is 14.5. The highest BCUT2D eigenvalue weighted by atomic mass is 19.3. The SMILES string of the molecule is CN(CC1CCCO1)C(=O)c1ccc(OC(F)F)nc1. The van der Waals surface area contributed by atoms with Crippen molar-refractivity contribution in [1.82, 2.24) is 9.88 Å². The number of aromatic nitrogens is 1. The molecule has 7 heteroatoms. The number of likely N-dealkylation sites (N-methyl/N-ethyl adjacent to an activating group) is 1. The van der Waals surface area contributed by atoms with Gasteiger partial charge in [-0.25, -0.2) is 4.98 Å². The number of nitrogens with zero attached hydrogens (tertiary/aromatic N) is 2. The summed E-state index contributed by atoms with van der Waals surface area (Å²) in [5.74, 6) is -0.435. The molecule has 0 N–H and O–H groups in total. The summed E-state index contributed by atoms with van der Waals surface area (Å²) in [5, 5.41) is 0. The summed E-state index contributed by atoms with van der Waals surface area (Å²) in [4.78, 5) is 17.3. The van der Waals surface area contributed by atoms with Crippen LogP contribution in [0.25, 0.3) is 0 Å². The van der Waals surface area contributed by atoms with E-state index in [1.807, 2.05) is 0 Å². The minimum atomic E-state index is -2.92. The lowest BCUT2D eigenvalue weighted by Crippen LogP contribution is -2.34. The first kappa shape index (κ1) is 14.6. The molecule has 1 aliphatic rings. The molecule has 2 rings (SSSR count). The van der Waals surface area contributed by atoms with E-state index in [1.54, 1.807) is 11.9 Å². The van der Waals surface area contributed by atoms with Gasteiger partial charge in [-0.2, -0.15) is 8.78 Å². The molecule has 0 saturated carbocycles. The molecule has 1 aromatic heterocycles. The Bertz CT molecular complexity index is 447. The predicted octanol–water partition coefficient (Wildman–Crippen LogP) is 1.93. The fourth-order valence-corrected chi connectivity index (χ4v) is 2.06. The summed E-state index contributed by atoms with van der Waals surface area (Å²) >= 11 is 0. The number of carbonyl (C=O) groups is 1. The van der Waals surface area contributed by atoms with E-state index in [0.29, 0.717) is 12.1 Å². The van der Waals surface area contributed by atoms with Crippen LogP contribution in [-0.2, 0) is 4.74 Å². The quantitative estimate of drug-likeness (QED) is 0.830. The highest BCUT2D eigenvalue weighted by molar-refractivity contribution is 5.93. The third kappa shape index (κ3) is 3.86. The number of hydrogen-bond acceptors (Lipinski definition) is 4. The van der Waals surface area contributed by atoms with Gasteiger partial charge in [0.15, 0.2) is 0 Å². The summed E-state index contributed by atoms with van der Waals surface area (Å²) in [6.07, 6.45) is 3.25. The molecule has 110 valence electrons. The molecule has 1 saturated heterocycles. The molecule has 1 amide bonds. The van der Waals surface area contributed by atoms with E-state index in [0.717, 1.165) is 19.4 Å². The van der Waals surface area contributed by atoms with E-state index in [4.69, 9.17) is 4.74 Å². The van der Waals surface area contributed by atoms with Crippen molar-refractivity contribution in [3.05, 3.63) is 23.9 Å². The molecule has 20 heavy (non-hydrogen) atoms. The van der Waals surface area contributed by atoms with E-state index in [2.05, 4.69) is 9.72 Å². The number of carbonyl (C=O) groups excluding carboxylic acids is 1. The average Bonchev–Trinajstić information content (AvgIpc) is 2.91. The molecular weight excluding hydrogens is 270 g/mol. The Kier molecular flexibility index (Phi) is 4.84. The van der Waals surface area contributed by atoms with Gasteiger partial charge < -0.3 is 14.4 Å². The van der Waals surface area contributed by atoms with Crippen molar-refractivity contribution in [2.75, 3.05) is 20.2 Å².